The maximum atomic E-state index is 12.9. The van der Waals surface area contributed by atoms with E-state index >= 15 is 0 Å². The third-order valence-electron chi connectivity index (χ3n) is 4.11. The lowest BCUT2D eigenvalue weighted by molar-refractivity contribution is -0.127. The number of rotatable bonds is 5. The average molecular weight is 373 g/mol. The molecule has 5 nitrogen and oxygen atoms in total. The van der Waals surface area contributed by atoms with E-state index in [1.54, 1.807) is 22.3 Å². The molecule has 1 aliphatic heterocycles. The molecule has 0 unspecified atom stereocenters. The SMILES string of the molecule is O=C(CN1CCN(C(=O)/C=C/c2cccs2)CC1)Nc1ccc(F)cc1. The Morgan fingerprint density at radius 2 is 1.85 bits per heavy atom. The molecular formula is C19H20FN3O2S. The Balaban J connectivity index is 1.42. The first-order chi connectivity index (χ1) is 12.6. The summed E-state index contributed by atoms with van der Waals surface area (Å²) in [6, 6.07) is 9.59. The number of thiophene rings is 1. The molecule has 0 radical (unpaired) electrons. The van der Waals surface area contributed by atoms with Gasteiger partial charge in [-0.15, -0.1) is 11.3 Å². The highest BCUT2D eigenvalue weighted by atomic mass is 32.1. The molecule has 0 bridgehead atoms. The van der Waals surface area contributed by atoms with Crippen molar-refractivity contribution in [2.45, 2.75) is 0 Å². The number of anilines is 1. The number of nitrogens with one attached hydrogen (secondary N) is 1. The van der Waals surface area contributed by atoms with Crippen LogP contribution in [0, 0.1) is 5.82 Å². The molecule has 3 rings (SSSR count). The third kappa shape index (κ3) is 5.24. The highest BCUT2D eigenvalue weighted by Gasteiger charge is 2.21. The van der Waals surface area contributed by atoms with Crippen LogP contribution in [0.15, 0.2) is 47.9 Å². The molecule has 0 aliphatic carbocycles. The molecule has 1 fully saturated rings. The summed E-state index contributed by atoms with van der Waals surface area (Å²) in [7, 11) is 0. The summed E-state index contributed by atoms with van der Waals surface area (Å²) in [5.74, 6) is -0.486. The first kappa shape index (κ1) is 18.3. The minimum Gasteiger partial charge on any atom is -0.337 e. The van der Waals surface area contributed by atoms with Gasteiger partial charge in [0.15, 0.2) is 0 Å². The van der Waals surface area contributed by atoms with Crippen LogP contribution < -0.4 is 5.32 Å². The van der Waals surface area contributed by atoms with Crippen LogP contribution >= 0.6 is 11.3 Å². The Morgan fingerprint density at radius 3 is 2.50 bits per heavy atom. The van der Waals surface area contributed by atoms with E-state index in [-0.39, 0.29) is 24.2 Å². The van der Waals surface area contributed by atoms with Crippen LogP contribution in [-0.2, 0) is 9.59 Å². The minimum atomic E-state index is -0.336. The molecule has 0 spiro atoms. The maximum Gasteiger partial charge on any atom is 0.246 e. The Labute approximate surface area is 155 Å². The molecule has 1 aliphatic rings. The van der Waals surface area contributed by atoms with E-state index in [1.165, 1.54) is 24.3 Å². The van der Waals surface area contributed by atoms with E-state index in [0.717, 1.165) is 4.88 Å². The van der Waals surface area contributed by atoms with Crippen LogP contribution in [0.5, 0.6) is 0 Å². The van der Waals surface area contributed by atoms with Crippen LogP contribution in [0.4, 0.5) is 10.1 Å². The lowest BCUT2D eigenvalue weighted by Gasteiger charge is -2.33. The smallest absolute Gasteiger partial charge is 0.246 e. The van der Waals surface area contributed by atoms with Gasteiger partial charge in [-0.25, -0.2) is 4.39 Å². The van der Waals surface area contributed by atoms with Gasteiger partial charge in [0, 0.05) is 42.8 Å². The van der Waals surface area contributed by atoms with Crippen LogP contribution in [0.3, 0.4) is 0 Å². The van der Waals surface area contributed by atoms with Gasteiger partial charge in [-0.05, 0) is 41.8 Å². The lowest BCUT2D eigenvalue weighted by Crippen LogP contribution is -2.50. The number of hydrogen-bond acceptors (Lipinski definition) is 4. The molecule has 2 aromatic rings. The quantitative estimate of drug-likeness (QED) is 0.820. The molecule has 1 aromatic carbocycles. The number of amides is 2. The highest BCUT2D eigenvalue weighted by Crippen LogP contribution is 2.12. The van der Waals surface area contributed by atoms with Crippen LogP contribution in [0.25, 0.3) is 6.08 Å². The van der Waals surface area contributed by atoms with E-state index in [2.05, 4.69) is 5.32 Å². The van der Waals surface area contributed by atoms with E-state index in [0.29, 0.717) is 31.9 Å². The van der Waals surface area contributed by atoms with Crippen molar-refractivity contribution in [1.82, 2.24) is 9.80 Å². The van der Waals surface area contributed by atoms with Crippen molar-refractivity contribution < 1.29 is 14.0 Å². The summed E-state index contributed by atoms with van der Waals surface area (Å²) in [4.78, 5) is 29.1. The van der Waals surface area contributed by atoms with Gasteiger partial charge in [-0.2, -0.15) is 0 Å². The zero-order chi connectivity index (χ0) is 18.4. The molecule has 2 heterocycles. The van der Waals surface area contributed by atoms with Crippen LogP contribution in [-0.4, -0.2) is 54.3 Å². The van der Waals surface area contributed by atoms with Gasteiger partial charge in [0.05, 0.1) is 6.54 Å². The number of halogens is 1. The molecular weight excluding hydrogens is 353 g/mol. The van der Waals surface area contributed by atoms with Gasteiger partial charge in [-0.3, -0.25) is 14.5 Å². The number of nitrogens with zero attached hydrogens (tertiary/aromatic N) is 2. The van der Waals surface area contributed by atoms with Crippen LogP contribution in [0.1, 0.15) is 4.88 Å². The van der Waals surface area contributed by atoms with Gasteiger partial charge in [0.1, 0.15) is 5.82 Å². The summed E-state index contributed by atoms with van der Waals surface area (Å²) < 4.78 is 12.9. The Hall–Kier alpha value is -2.51. The van der Waals surface area contributed by atoms with E-state index < -0.39 is 0 Å². The van der Waals surface area contributed by atoms with Crippen molar-refractivity contribution in [1.29, 1.82) is 0 Å². The first-order valence-electron chi connectivity index (χ1n) is 8.38. The maximum absolute atomic E-state index is 12.9. The molecule has 26 heavy (non-hydrogen) atoms. The summed E-state index contributed by atoms with van der Waals surface area (Å²) in [6.45, 7) is 2.74. The van der Waals surface area contributed by atoms with Gasteiger partial charge < -0.3 is 10.2 Å². The molecule has 0 saturated carbocycles. The number of hydrogen-bond donors (Lipinski definition) is 1. The molecule has 1 aromatic heterocycles. The molecule has 2 amide bonds. The summed E-state index contributed by atoms with van der Waals surface area (Å²) in [5.41, 5.74) is 0.573. The van der Waals surface area contributed by atoms with Gasteiger partial charge in [0.2, 0.25) is 11.8 Å². The number of carbonyl (C=O) groups is 2. The average Bonchev–Trinajstić information content (AvgIpc) is 3.16. The second-order valence-corrected chi connectivity index (χ2v) is 6.98. The third-order valence-corrected chi connectivity index (χ3v) is 4.95. The topological polar surface area (TPSA) is 52.7 Å². The molecule has 136 valence electrons. The standard InChI is InChI=1S/C19H20FN3O2S/c20-15-3-5-16(6-4-15)21-18(24)14-22-9-11-23(12-10-22)19(25)8-7-17-2-1-13-26-17/h1-8,13H,9-12,14H2,(H,21,24)/b8-7+. The number of carbonyl (C=O) groups excluding carboxylic acids is 2. The lowest BCUT2D eigenvalue weighted by atomic mass is 10.2. The molecule has 7 heteroatoms. The fraction of sp³-hybridized carbons (Fsp3) is 0.263. The Bertz CT molecular complexity index is 767. The van der Waals surface area contributed by atoms with Crippen molar-refractivity contribution in [2.75, 3.05) is 38.0 Å². The molecule has 0 atom stereocenters. The second-order valence-electron chi connectivity index (χ2n) is 6.01. The highest BCUT2D eigenvalue weighted by molar-refractivity contribution is 7.10. The number of benzene rings is 1. The zero-order valence-electron chi connectivity index (χ0n) is 14.2. The summed E-state index contributed by atoms with van der Waals surface area (Å²) in [6.07, 6.45) is 3.43. The zero-order valence-corrected chi connectivity index (χ0v) is 15.0. The van der Waals surface area contributed by atoms with Crippen molar-refractivity contribution in [3.8, 4) is 0 Å². The molecule has 1 saturated heterocycles. The summed E-state index contributed by atoms with van der Waals surface area (Å²) >= 11 is 1.59. The van der Waals surface area contributed by atoms with E-state index in [4.69, 9.17) is 0 Å². The van der Waals surface area contributed by atoms with Gasteiger partial charge in [-0.1, -0.05) is 6.07 Å². The Morgan fingerprint density at radius 1 is 1.12 bits per heavy atom. The van der Waals surface area contributed by atoms with Crippen molar-refractivity contribution in [3.05, 3.63) is 58.5 Å². The van der Waals surface area contributed by atoms with Gasteiger partial charge >= 0.3 is 0 Å². The first-order valence-corrected chi connectivity index (χ1v) is 9.26. The Kier molecular flexibility index (Phi) is 6.14. The fourth-order valence-electron chi connectivity index (χ4n) is 2.71. The monoisotopic (exact) mass is 373 g/mol. The van der Waals surface area contributed by atoms with E-state index in [9.17, 15) is 14.0 Å². The van der Waals surface area contributed by atoms with Crippen molar-refractivity contribution in [3.63, 3.8) is 0 Å². The largest absolute Gasteiger partial charge is 0.337 e. The minimum absolute atomic E-state index is 0.00573. The predicted molar refractivity (Wildman–Crippen MR) is 101 cm³/mol. The predicted octanol–water partition coefficient (Wildman–Crippen LogP) is 2.68. The van der Waals surface area contributed by atoms with Gasteiger partial charge in [0.25, 0.3) is 0 Å². The fourth-order valence-corrected chi connectivity index (χ4v) is 3.33. The number of piperazine rings is 1. The summed E-state index contributed by atoms with van der Waals surface area (Å²) in [5, 5.41) is 4.72. The normalized spacial score (nSPS) is 15.3. The van der Waals surface area contributed by atoms with Crippen molar-refractivity contribution in [2.24, 2.45) is 0 Å². The molecule has 1 N–H and O–H groups in total. The van der Waals surface area contributed by atoms with Crippen LogP contribution in [0.2, 0.25) is 0 Å². The van der Waals surface area contributed by atoms with E-state index in [1.807, 2.05) is 28.5 Å². The second kappa shape index (κ2) is 8.73. The van der Waals surface area contributed by atoms with Crippen molar-refractivity contribution >= 4 is 34.9 Å².